The number of anilines is 1. The number of carbonyl (C=O) groups excluding carboxylic acids is 1. The number of aromatic nitrogens is 4. The van der Waals surface area contributed by atoms with E-state index in [0.717, 1.165) is 33.8 Å². The molecule has 0 saturated heterocycles. The molecular formula is C25H25N5OS. The summed E-state index contributed by atoms with van der Waals surface area (Å²) >= 11 is 1.41. The molecule has 0 radical (unpaired) electrons. The third kappa shape index (κ3) is 4.89. The first kappa shape index (κ1) is 21.8. The molecule has 4 aromatic rings. The van der Waals surface area contributed by atoms with Crippen LogP contribution in [0.4, 0.5) is 5.69 Å². The summed E-state index contributed by atoms with van der Waals surface area (Å²) in [5.41, 5.74) is 5.03. The Labute approximate surface area is 192 Å². The van der Waals surface area contributed by atoms with E-state index in [9.17, 15) is 4.79 Å². The summed E-state index contributed by atoms with van der Waals surface area (Å²) in [6.45, 7) is 6.50. The maximum atomic E-state index is 13.0. The van der Waals surface area contributed by atoms with Crippen LogP contribution >= 0.6 is 11.8 Å². The van der Waals surface area contributed by atoms with Gasteiger partial charge in [-0.05, 0) is 49.6 Å². The quantitative estimate of drug-likeness (QED) is 0.401. The fourth-order valence-corrected chi connectivity index (χ4v) is 4.30. The van der Waals surface area contributed by atoms with Gasteiger partial charge in [0, 0.05) is 23.6 Å². The van der Waals surface area contributed by atoms with Crippen molar-refractivity contribution in [2.75, 3.05) is 5.32 Å². The van der Waals surface area contributed by atoms with E-state index in [-0.39, 0.29) is 11.2 Å². The zero-order valence-electron chi connectivity index (χ0n) is 18.3. The Bertz CT molecular complexity index is 1190. The number of para-hydroxylation sites is 1. The molecule has 6 nitrogen and oxygen atoms in total. The maximum Gasteiger partial charge on any atom is 0.237 e. The number of amides is 1. The smallest absolute Gasteiger partial charge is 0.237 e. The zero-order chi connectivity index (χ0) is 22.5. The minimum absolute atomic E-state index is 0.0628. The molecule has 0 bridgehead atoms. The van der Waals surface area contributed by atoms with E-state index in [1.807, 2.05) is 69.3 Å². The molecule has 32 heavy (non-hydrogen) atoms. The summed E-state index contributed by atoms with van der Waals surface area (Å²) in [5, 5.41) is 12.3. The number of benzene rings is 2. The molecule has 0 saturated carbocycles. The van der Waals surface area contributed by atoms with Crippen molar-refractivity contribution in [1.82, 2.24) is 19.7 Å². The highest BCUT2D eigenvalue weighted by molar-refractivity contribution is 8.00. The first-order valence-electron chi connectivity index (χ1n) is 10.4. The largest absolute Gasteiger partial charge is 0.325 e. The zero-order valence-corrected chi connectivity index (χ0v) is 19.1. The van der Waals surface area contributed by atoms with Crippen molar-refractivity contribution < 1.29 is 4.79 Å². The van der Waals surface area contributed by atoms with Gasteiger partial charge in [-0.25, -0.2) is 0 Å². The molecule has 0 fully saturated rings. The second kappa shape index (κ2) is 9.78. The summed E-state index contributed by atoms with van der Waals surface area (Å²) in [5.74, 6) is 0.688. The van der Waals surface area contributed by atoms with Crippen molar-refractivity contribution in [3.8, 4) is 11.4 Å². The Balaban J connectivity index is 1.60. The Kier molecular flexibility index (Phi) is 6.66. The Hall–Kier alpha value is -3.45. The van der Waals surface area contributed by atoms with Crippen molar-refractivity contribution in [2.45, 2.75) is 37.7 Å². The second-order valence-electron chi connectivity index (χ2n) is 7.63. The molecule has 7 heteroatoms. The van der Waals surface area contributed by atoms with Gasteiger partial charge in [-0.15, -0.1) is 10.2 Å². The number of aryl methyl sites for hydroxylation is 2. The number of hydrogen-bond donors (Lipinski definition) is 1. The molecule has 4 rings (SSSR count). The molecule has 0 aliphatic carbocycles. The Morgan fingerprint density at radius 1 is 0.969 bits per heavy atom. The van der Waals surface area contributed by atoms with E-state index in [4.69, 9.17) is 0 Å². The number of nitrogens with zero attached hydrogens (tertiary/aromatic N) is 4. The minimum atomic E-state index is -0.349. The van der Waals surface area contributed by atoms with Gasteiger partial charge in [0.2, 0.25) is 5.91 Å². The Morgan fingerprint density at radius 3 is 2.34 bits per heavy atom. The van der Waals surface area contributed by atoms with Crippen LogP contribution in [0, 0.1) is 13.8 Å². The third-order valence-electron chi connectivity index (χ3n) is 5.22. The van der Waals surface area contributed by atoms with Crippen molar-refractivity contribution in [1.29, 1.82) is 0 Å². The van der Waals surface area contributed by atoms with E-state index in [1.54, 1.807) is 12.4 Å². The monoisotopic (exact) mass is 443 g/mol. The van der Waals surface area contributed by atoms with Gasteiger partial charge in [0.25, 0.3) is 0 Å². The summed E-state index contributed by atoms with van der Waals surface area (Å²) in [6, 6.07) is 20.0. The average molecular weight is 444 g/mol. The molecule has 0 spiro atoms. The van der Waals surface area contributed by atoms with Gasteiger partial charge in [-0.3, -0.25) is 14.3 Å². The van der Waals surface area contributed by atoms with Gasteiger partial charge in [0.1, 0.15) is 0 Å². The predicted molar refractivity (Wildman–Crippen MR) is 129 cm³/mol. The molecule has 0 unspecified atom stereocenters. The van der Waals surface area contributed by atoms with Gasteiger partial charge in [-0.1, -0.05) is 60.3 Å². The maximum absolute atomic E-state index is 13.0. The van der Waals surface area contributed by atoms with Crippen LogP contribution in [0.25, 0.3) is 11.4 Å². The summed E-state index contributed by atoms with van der Waals surface area (Å²) in [4.78, 5) is 17.1. The lowest BCUT2D eigenvalue weighted by Crippen LogP contribution is -2.24. The standard InChI is InChI=1S/C25H25N5OS/c1-17-8-7-9-18(2)22(17)27-24(31)19(3)32-25-29-28-23(21-12-14-26-15-13-21)30(25)16-20-10-5-4-6-11-20/h4-15,19H,16H2,1-3H3,(H,27,31)/t19-/m1/s1. The normalized spacial score (nSPS) is 11.8. The molecule has 1 N–H and O–H groups in total. The SMILES string of the molecule is Cc1cccc(C)c1NC(=O)[C@@H](C)Sc1nnc(-c2ccncc2)n1Cc1ccccc1. The summed E-state index contributed by atoms with van der Waals surface area (Å²) in [6.07, 6.45) is 3.48. The van der Waals surface area contributed by atoms with Crippen molar-refractivity contribution in [3.05, 3.63) is 89.7 Å². The number of thioether (sulfide) groups is 1. The van der Waals surface area contributed by atoms with Gasteiger partial charge in [0.15, 0.2) is 11.0 Å². The molecule has 2 aromatic heterocycles. The lowest BCUT2D eigenvalue weighted by Gasteiger charge is -2.16. The number of carbonyl (C=O) groups is 1. The topological polar surface area (TPSA) is 72.7 Å². The molecule has 0 aliphatic rings. The van der Waals surface area contributed by atoms with Gasteiger partial charge >= 0.3 is 0 Å². The minimum Gasteiger partial charge on any atom is -0.325 e. The molecule has 2 heterocycles. The first-order valence-corrected chi connectivity index (χ1v) is 11.3. The highest BCUT2D eigenvalue weighted by Crippen LogP contribution is 2.29. The van der Waals surface area contributed by atoms with E-state index in [1.165, 1.54) is 11.8 Å². The van der Waals surface area contributed by atoms with Crippen LogP contribution in [-0.2, 0) is 11.3 Å². The lowest BCUT2D eigenvalue weighted by atomic mass is 10.1. The van der Waals surface area contributed by atoms with Gasteiger partial charge in [-0.2, -0.15) is 0 Å². The van der Waals surface area contributed by atoms with E-state index < -0.39 is 0 Å². The van der Waals surface area contributed by atoms with Gasteiger partial charge in [0.05, 0.1) is 11.8 Å². The highest BCUT2D eigenvalue weighted by Gasteiger charge is 2.22. The molecule has 0 aliphatic heterocycles. The fraction of sp³-hybridized carbons (Fsp3) is 0.200. The molecular weight excluding hydrogens is 418 g/mol. The van der Waals surface area contributed by atoms with Crippen LogP contribution in [0.2, 0.25) is 0 Å². The summed E-state index contributed by atoms with van der Waals surface area (Å²) in [7, 11) is 0. The number of nitrogens with one attached hydrogen (secondary N) is 1. The predicted octanol–water partition coefficient (Wildman–Crippen LogP) is 5.12. The van der Waals surface area contributed by atoms with Gasteiger partial charge < -0.3 is 5.32 Å². The van der Waals surface area contributed by atoms with E-state index in [0.29, 0.717) is 11.7 Å². The first-order chi connectivity index (χ1) is 15.5. The van der Waals surface area contributed by atoms with E-state index >= 15 is 0 Å². The van der Waals surface area contributed by atoms with Crippen LogP contribution < -0.4 is 5.32 Å². The average Bonchev–Trinajstić information content (AvgIpc) is 3.19. The molecule has 162 valence electrons. The van der Waals surface area contributed by atoms with Crippen LogP contribution in [0.3, 0.4) is 0 Å². The van der Waals surface area contributed by atoms with Crippen molar-refractivity contribution in [3.63, 3.8) is 0 Å². The number of hydrogen-bond acceptors (Lipinski definition) is 5. The van der Waals surface area contributed by atoms with Crippen molar-refractivity contribution >= 4 is 23.4 Å². The molecule has 1 atom stereocenters. The van der Waals surface area contributed by atoms with Crippen LogP contribution in [0.15, 0.2) is 78.2 Å². The third-order valence-corrected chi connectivity index (χ3v) is 6.30. The molecule has 2 aromatic carbocycles. The Morgan fingerprint density at radius 2 is 1.66 bits per heavy atom. The van der Waals surface area contributed by atoms with Crippen LogP contribution in [0.1, 0.15) is 23.6 Å². The summed E-state index contributed by atoms with van der Waals surface area (Å²) < 4.78 is 2.05. The van der Waals surface area contributed by atoms with E-state index in [2.05, 4.69) is 37.2 Å². The molecule has 1 amide bonds. The van der Waals surface area contributed by atoms with Crippen LogP contribution in [0.5, 0.6) is 0 Å². The van der Waals surface area contributed by atoms with Crippen molar-refractivity contribution in [2.24, 2.45) is 0 Å². The fourth-order valence-electron chi connectivity index (χ4n) is 3.45. The highest BCUT2D eigenvalue weighted by atomic mass is 32.2. The van der Waals surface area contributed by atoms with Crippen LogP contribution in [-0.4, -0.2) is 30.9 Å². The lowest BCUT2D eigenvalue weighted by molar-refractivity contribution is -0.115. The number of rotatable bonds is 7. The number of pyridine rings is 1. The second-order valence-corrected chi connectivity index (χ2v) is 8.94.